The SMILES string of the molecule is CCOC(=O)C(C(C)C)[S+](c1ccc(OC)cc1)c1ccc(OC)cc1. The van der Waals surface area contributed by atoms with Gasteiger partial charge in [0.15, 0.2) is 9.79 Å². The number of carbonyl (C=O) groups excluding carboxylic acids is 1. The van der Waals surface area contributed by atoms with Crippen molar-refractivity contribution in [3.8, 4) is 11.5 Å². The molecule has 0 saturated carbocycles. The van der Waals surface area contributed by atoms with Crippen LogP contribution in [0.15, 0.2) is 58.3 Å². The molecule has 2 aromatic carbocycles. The molecule has 140 valence electrons. The van der Waals surface area contributed by atoms with Crippen LogP contribution in [0.4, 0.5) is 0 Å². The lowest BCUT2D eigenvalue weighted by atomic mass is 10.1. The van der Waals surface area contributed by atoms with Crippen molar-refractivity contribution >= 4 is 16.9 Å². The lowest BCUT2D eigenvalue weighted by Crippen LogP contribution is -2.37. The van der Waals surface area contributed by atoms with E-state index >= 15 is 0 Å². The maximum Gasteiger partial charge on any atom is 0.360 e. The molecule has 0 saturated heterocycles. The summed E-state index contributed by atoms with van der Waals surface area (Å²) in [6.07, 6.45) is 0. The fourth-order valence-electron chi connectivity index (χ4n) is 2.74. The van der Waals surface area contributed by atoms with E-state index in [0.717, 1.165) is 21.3 Å². The number of rotatable bonds is 8. The van der Waals surface area contributed by atoms with E-state index in [0.29, 0.717) is 6.61 Å². The van der Waals surface area contributed by atoms with Crippen molar-refractivity contribution in [3.63, 3.8) is 0 Å². The summed E-state index contributed by atoms with van der Waals surface area (Å²) in [6.45, 7) is 6.35. The Morgan fingerprint density at radius 3 is 1.62 bits per heavy atom. The van der Waals surface area contributed by atoms with Crippen LogP contribution >= 0.6 is 0 Å². The molecule has 0 amide bonds. The molecule has 0 aliphatic carbocycles. The molecule has 0 bridgehead atoms. The Morgan fingerprint density at radius 2 is 1.31 bits per heavy atom. The molecule has 26 heavy (non-hydrogen) atoms. The van der Waals surface area contributed by atoms with Crippen LogP contribution in [0.5, 0.6) is 11.5 Å². The lowest BCUT2D eigenvalue weighted by Gasteiger charge is -2.20. The third-order valence-electron chi connectivity index (χ3n) is 4.01. The average molecular weight is 376 g/mol. The quantitative estimate of drug-likeness (QED) is 0.509. The zero-order valence-electron chi connectivity index (χ0n) is 16.0. The summed E-state index contributed by atoms with van der Waals surface area (Å²) in [5.41, 5.74) is 0. The third kappa shape index (κ3) is 4.73. The number of methoxy groups -OCH3 is 2. The fraction of sp³-hybridized carbons (Fsp3) is 0.381. The van der Waals surface area contributed by atoms with Gasteiger partial charge in [-0.2, -0.15) is 0 Å². The normalized spacial score (nSPS) is 12.1. The Morgan fingerprint density at radius 1 is 0.885 bits per heavy atom. The lowest BCUT2D eigenvalue weighted by molar-refractivity contribution is -0.143. The van der Waals surface area contributed by atoms with Gasteiger partial charge in [-0.3, -0.25) is 0 Å². The predicted octanol–water partition coefficient (Wildman–Crippen LogP) is 4.33. The largest absolute Gasteiger partial charge is 0.497 e. The Labute approximate surface area is 158 Å². The van der Waals surface area contributed by atoms with Crippen LogP contribution in [-0.4, -0.2) is 32.0 Å². The highest BCUT2D eigenvalue weighted by atomic mass is 32.2. The van der Waals surface area contributed by atoms with Crippen molar-refractivity contribution in [3.05, 3.63) is 48.5 Å². The molecule has 1 unspecified atom stereocenters. The van der Waals surface area contributed by atoms with Gasteiger partial charge in [0.1, 0.15) is 11.5 Å². The number of hydrogen-bond donors (Lipinski definition) is 0. The van der Waals surface area contributed by atoms with Gasteiger partial charge >= 0.3 is 5.97 Å². The molecule has 0 aromatic heterocycles. The standard InChI is InChI=1S/C21H27O4S/c1-6-25-21(22)20(15(2)3)26(18-11-7-16(23-4)8-12-18)19-13-9-17(24-5)10-14-19/h7-15,20H,6H2,1-5H3/q+1. The zero-order chi connectivity index (χ0) is 19.1. The van der Waals surface area contributed by atoms with E-state index < -0.39 is 10.9 Å². The smallest absolute Gasteiger partial charge is 0.360 e. The molecule has 2 rings (SSSR count). The van der Waals surface area contributed by atoms with Crippen LogP contribution in [0.25, 0.3) is 0 Å². The summed E-state index contributed by atoms with van der Waals surface area (Å²) in [5, 5.41) is -0.253. The average Bonchev–Trinajstić information content (AvgIpc) is 2.66. The monoisotopic (exact) mass is 375 g/mol. The van der Waals surface area contributed by atoms with Crippen LogP contribution in [0.1, 0.15) is 20.8 Å². The molecule has 5 heteroatoms. The van der Waals surface area contributed by atoms with Gasteiger partial charge in [-0.1, -0.05) is 13.8 Å². The van der Waals surface area contributed by atoms with E-state index in [4.69, 9.17) is 14.2 Å². The molecule has 4 nitrogen and oxygen atoms in total. The predicted molar refractivity (Wildman–Crippen MR) is 105 cm³/mol. The van der Waals surface area contributed by atoms with Crippen molar-refractivity contribution in [2.45, 2.75) is 35.8 Å². The van der Waals surface area contributed by atoms with E-state index in [1.54, 1.807) is 14.2 Å². The van der Waals surface area contributed by atoms with Crippen molar-refractivity contribution in [2.24, 2.45) is 5.92 Å². The first-order chi connectivity index (χ1) is 12.5. The van der Waals surface area contributed by atoms with Gasteiger partial charge in [0, 0.05) is 5.92 Å². The molecule has 0 aliphatic heterocycles. The number of benzene rings is 2. The van der Waals surface area contributed by atoms with E-state index in [1.165, 1.54) is 0 Å². The number of esters is 1. The Hall–Kier alpha value is -2.14. The first-order valence-corrected chi connectivity index (χ1v) is 9.98. The van der Waals surface area contributed by atoms with Crippen LogP contribution in [0.2, 0.25) is 0 Å². The maximum absolute atomic E-state index is 12.8. The summed E-state index contributed by atoms with van der Waals surface area (Å²) in [5.74, 6) is 1.58. The molecule has 0 heterocycles. The van der Waals surface area contributed by atoms with Gasteiger partial charge in [0.25, 0.3) is 0 Å². The van der Waals surface area contributed by atoms with E-state index in [-0.39, 0.29) is 17.1 Å². The minimum atomic E-state index is -0.457. The minimum Gasteiger partial charge on any atom is -0.497 e. The first-order valence-electron chi connectivity index (χ1n) is 8.69. The Bertz CT molecular complexity index is 647. The molecule has 0 fully saturated rings. The number of hydrogen-bond acceptors (Lipinski definition) is 4. The fourth-order valence-corrected chi connectivity index (χ4v) is 5.26. The van der Waals surface area contributed by atoms with E-state index in [9.17, 15) is 4.79 Å². The minimum absolute atomic E-state index is 0.140. The molecule has 2 aromatic rings. The van der Waals surface area contributed by atoms with Crippen molar-refractivity contribution in [2.75, 3.05) is 20.8 Å². The second-order valence-corrected chi connectivity index (χ2v) is 8.23. The Kier molecular flexibility index (Phi) is 7.39. The van der Waals surface area contributed by atoms with Gasteiger partial charge in [-0.15, -0.1) is 0 Å². The maximum atomic E-state index is 12.8. The summed E-state index contributed by atoms with van der Waals surface area (Å²) in [6, 6.07) is 15.8. The third-order valence-corrected chi connectivity index (χ3v) is 6.81. The molecule has 1 atom stereocenters. The highest BCUT2D eigenvalue weighted by Gasteiger charge is 2.44. The highest BCUT2D eigenvalue weighted by molar-refractivity contribution is 7.98. The number of ether oxygens (including phenoxy) is 3. The molecule has 0 aliphatic rings. The van der Waals surface area contributed by atoms with Gasteiger partial charge < -0.3 is 14.2 Å². The van der Waals surface area contributed by atoms with Crippen molar-refractivity contribution in [1.29, 1.82) is 0 Å². The van der Waals surface area contributed by atoms with Gasteiger partial charge in [0.2, 0.25) is 5.25 Å². The molecule has 0 N–H and O–H groups in total. The molecular weight excluding hydrogens is 348 g/mol. The number of carbonyl (C=O) groups is 1. The van der Waals surface area contributed by atoms with E-state index in [1.807, 2.05) is 55.5 Å². The molecule has 0 radical (unpaired) electrons. The van der Waals surface area contributed by atoms with Crippen LogP contribution < -0.4 is 9.47 Å². The van der Waals surface area contributed by atoms with Crippen molar-refractivity contribution in [1.82, 2.24) is 0 Å². The van der Waals surface area contributed by atoms with Gasteiger partial charge in [-0.25, -0.2) is 4.79 Å². The molecular formula is C21H27O4S+. The van der Waals surface area contributed by atoms with Crippen LogP contribution in [0.3, 0.4) is 0 Å². The van der Waals surface area contributed by atoms with Crippen LogP contribution in [-0.2, 0) is 20.4 Å². The summed E-state index contributed by atoms with van der Waals surface area (Å²) in [7, 11) is 2.84. The van der Waals surface area contributed by atoms with E-state index in [2.05, 4.69) is 13.8 Å². The molecule has 0 spiro atoms. The van der Waals surface area contributed by atoms with Gasteiger partial charge in [-0.05, 0) is 55.5 Å². The van der Waals surface area contributed by atoms with Gasteiger partial charge in [0.05, 0.1) is 31.7 Å². The second kappa shape index (κ2) is 9.53. The summed E-state index contributed by atoms with van der Waals surface area (Å²) < 4.78 is 15.9. The zero-order valence-corrected chi connectivity index (χ0v) is 16.8. The highest BCUT2D eigenvalue weighted by Crippen LogP contribution is 2.34. The Balaban J connectivity index is 2.52. The summed E-state index contributed by atoms with van der Waals surface area (Å²) >= 11 is 0. The van der Waals surface area contributed by atoms with Crippen molar-refractivity contribution < 1.29 is 19.0 Å². The second-order valence-electron chi connectivity index (χ2n) is 6.11. The first kappa shape index (κ1) is 20.2. The summed E-state index contributed by atoms with van der Waals surface area (Å²) in [4.78, 5) is 14.9. The topological polar surface area (TPSA) is 44.8 Å². The van der Waals surface area contributed by atoms with Crippen LogP contribution in [0, 0.1) is 5.92 Å².